The van der Waals surface area contributed by atoms with Crippen LogP contribution in [0.2, 0.25) is 5.02 Å². The number of nitrogens with zero attached hydrogens (tertiary/aromatic N) is 3. The third kappa shape index (κ3) is 3.57. The molecular formula is C23H16ClN5O3. The molecule has 3 aromatic carbocycles. The van der Waals surface area contributed by atoms with Crippen molar-refractivity contribution in [2.24, 2.45) is 10.2 Å². The lowest BCUT2D eigenvalue weighted by atomic mass is 10.2. The Morgan fingerprint density at radius 3 is 2.62 bits per heavy atom. The summed E-state index contributed by atoms with van der Waals surface area (Å²) in [6, 6.07) is 17.6. The summed E-state index contributed by atoms with van der Waals surface area (Å²) in [6.45, 7) is 0. The number of aromatic nitrogens is 3. The topological polar surface area (TPSA) is 116 Å². The van der Waals surface area contributed by atoms with Gasteiger partial charge < -0.3 is 19.8 Å². The third-order valence-corrected chi connectivity index (χ3v) is 5.28. The Hall–Kier alpha value is -4.17. The first-order valence-electron chi connectivity index (χ1n) is 9.62. The molecule has 158 valence electrons. The van der Waals surface area contributed by atoms with Crippen LogP contribution in [0.1, 0.15) is 10.4 Å². The van der Waals surface area contributed by atoms with Crippen LogP contribution in [-0.2, 0) is 0 Å². The Morgan fingerprint density at radius 1 is 1.03 bits per heavy atom. The number of hydrogen-bond acceptors (Lipinski definition) is 5. The first-order valence-corrected chi connectivity index (χ1v) is 10.00. The maximum absolute atomic E-state index is 12.6. The molecule has 9 heteroatoms. The van der Waals surface area contributed by atoms with Gasteiger partial charge in [0.05, 0.1) is 23.7 Å². The molecule has 5 aromatic rings. The highest BCUT2D eigenvalue weighted by Crippen LogP contribution is 2.37. The summed E-state index contributed by atoms with van der Waals surface area (Å²) in [7, 11) is 1.61. The number of amides is 1. The number of imidazole rings is 1. The number of fused-ring (bicyclic) bond motifs is 2. The van der Waals surface area contributed by atoms with Crippen LogP contribution < -0.4 is 4.74 Å². The molecule has 1 amide bonds. The molecule has 0 aliphatic heterocycles. The van der Waals surface area contributed by atoms with Gasteiger partial charge in [-0.05, 0) is 60.7 Å². The van der Waals surface area contributed by atoms with Gasteiger partial charge in [-0.25, -0.2) is 4.98 Å². The fourth-order valence-electron chi connectivity index (χ4n) is 3.42. The molecule has 0 atom stereocenters. The zero-order valence-electron chi connectivity index (χ0n) is 16.8. The van der Waals surface area contributed by atoms with E-state index >= 15 is 0 Å². The monoisotopic (exact) mass is 445 g/mol. The van der Waals surface area contributed by atoms with Gasteiger partial charge in [-0.1, -0.05) is 11.6 Å². The molecule has 0 aliphatic carbocycles. The van der Waals surface area contributed by atoms with Gasteiger partial charge >= 0.3 is 0 Å². The summed E-state index contributed by atoms with van der Waals surface area (Å²) in [5.74, 6) is 0.691. The molecule has 0 saturated heterocycles. The van der Waals surface area contributed by atoms with Crippen molar-refractivity contribution in [2.45, 2.75) is 0 Å². The van der Waals surface area contributed by atoms with Crippen LogP contribution in [0.5, 0.6) is 11.6 Å². The van der Waals surface area contributed by atoms with Crippen LogP contribution in [0.4, 0.5) is 5.69 Å². The van der Waals surface area contributed by atoms with E-state index in [-0.39, 0.29) is 11.6 Å². The summed E-state index contributed by atoms with van der Waals surface area (Å²) in [5.41, 5.74) is 3.43. The Balaban J connectivity index is 1.44. The number of aromatic amines is 2. The number of nitrogens with one attached hydrogen (secondary N) is 2. The SMILES string of the molecule is COc1ccc(-c2nc3ccc(C(=O)N=Nc4c(O)[nH]c5ccc(Cl)cc45)cc3[nH]2)cc1. The molecule has 3 N–H and O–H groups in total. The predicted octanol–water partition coefficient (Wildman–Crippen LogP) is 6.00. The summed E-state index contributed by atoms with van der Waals surface area (Å²) >= 11 is 6.02. The number of halogens is 1. The molecule has 8 nitrogen and oxygen atoms in total. The molecule has 0 saturated carbocycles. The molecule has 0 bridgehead atoms. The van der Waals surface area contributed by atoms with Crippen LogP contribution >= 0.6 is 11.6 Å². The number of azo groups is 1. The summed E-state index contributed by atoms with van der Waals surface area (Å²) in [5, 5.41) is 18.9. The van der Waals surface area contributed by atoms with Crippen molar-refractivity contribution in [3.63, 3.8) is 0 Å². The highest BCUT2D eigenvalue weighted by Gasteiger charge is 2.13. The van der Waals surface area contributed by atoms with Gasteiger partial charge in [0.2, 0.25) is 5.88 Å². The van der Waals surface area contributed by atoms with Crippen molar-refractivity contribution in [2.75, 3.05) is 7.11 Å². The number of carbonyl (C=O) groups excluding carboxylic acids is 1. The largest absolute Gasteiger partial charge is 0.497 e. The quantitative estimate of drug-likeness (QED) is 0.294. The van der Waals surface area contributed by atoms with Gasteiger partial charge in [0.25, 0.3) is 5.91 Å². The first kappa shape index (κ1) is 19.8. The molecule has 5 rings (SSSR count). The maximum atomic E-state index is 12.6. The number of rotatable bonds is 4. The maximum Gasteiger partial charge on any atom is 0.295 e. The Labute approximate surface area is 186 Å². The minimum Gasteiger partial charge on any atom is -0.497 e. The molecule has 0 unspecified atom stereocenters. The normalized spacial score (nSPS) is 11.6. The lowest BCUT2D eigenvalue weighted by molar-refractivity contribution is 0.0995. The molecule has 32 heavy (non-hydrogen) atoms. The smallest absolute Gasteiger partial charge is 0.295 e. The van der Waals surface area contributed by atoms with E-state index in [0.29, 0.717) is 38.3 Å². The van der Waals surface area contributed by atoms with Crippen molar-refractivity contribution >= 4 is 45.1 Å². The van der Waals surface area contributed by atoms with E-state index in [1.54, 1.807) is 43.5 Å². The van der Waals surface area contributed by atoms with E-state index in [9.17, 15) is 9.90 Å². The van der Waals surface area contributed by atoms with E-state index in [4.69, 9.17) is 16.3 Å². The second-order valence-electron chi connectivity index (χ2n) is 7.06. The molecular weight excluding hydrogens is 430 g/mol. The lowest BCUT2D eigenvalue weighted by Gasteiger charge is -2.00. The van der Waals surface area contributed by atoms with E-state index < -0.39 is 5.91 Å². The van der Waals surface area contributed by atoms with Gasteiger partial charge in [0.15, 0.2) is 5.69 Å². The van der Waals surface area contributed by atoms with E-state index in [1.165, 1.54) is 0 Å². The van der Waals surface area contributed by atoms with Crippen molar-refractivity contribution in [1.82, 2.24) is 15.0 Å². The second kappa shape index (κ2) is 7.82. The fourth-order valence-corrected chi connectivity index (χ4v) is 3.59. The van der Waals surface area contributed by atoms with Gasteiger partial charge in [0.1, 0.15) is 11.6 Å². The zero-order valence-corrected chi connectivity index (χ0v) is 17.5. The highest BCUT2D eigenvalue weighted by molar-refractivity contribution is 6.31. The Bertz CT molecular complexity index is 1500. The minimum absolute atomic E-state index is 0.153. The number of aromatic hydroxyl groups is 1. The van der Waals surface area contributed by atoms with Crippen molar-refractivity contribution in [3.8, 4) is 23.0 Å². The predicted molar refractivity (Wildman–Crippen MR) is 122 cm³/mol. The highest BCUT2D eigenvalue weighted by atomic mass is 35.5. The van der Waals surface area contributed by atoms with Gasteiger partial charge in [-0.15, -0.1) is 10.2 Å². The van der Waals surface area contributed by atoms with E-state index in [0.717, 1.165) is 11.3 Å². The fraction of sp³-hybridized carbons (Fsp3) is 0.0435. The van der Waals surface area contributed by atoms with Crippen LogP contribution in [0.3, 0.4) is 0 Å². The standard InChI is InChI=1S/C23H16ClN5O3/c1-32-15-6-2-12(3-7-15)21-25-18-8-4-13(10-19(18)26-21)22(30)29-28-20-16-11-14(24)5-9-17(16)27-23(20)31/h2-11,27,31H,1H3,(H,25,26). The minimum atomic E-state index is -0.553. The van der Waals surface area contributed by atoms with E-state index in [1.807, 2.05) is 24.3 Å². The molecule has 0 aliphatic rings. The summed E-state index contributed by atoms with van der Waals surface area (Å²) in [6.07, 6.45) is 0. The number of methoxy groups -OCH3 is 1. The Morgan fingerprint density at radius 2 is 1.84 bits per heavy atom. The van der Waals surface area contributed by atoms with Gasteiger partial charge in [-0.2, -0.15) is 0 Å². The number of carbonyl (C=O) groups is 1. The molecule has 2 aromatic heterocycles. The molecule has 0 radical (unpaired) electrons. The van der Waals surface area contributed by atoms with Crippen LogP contribution in [-0.4, -0.2) is 33.1 Å². The number of hydrogen-bond donors (Lipinski definition) is 3. The number of ether oxygens (including phenoxy) is 1. The Kier molecular flexibility index (Phi) is 4.84. The van der Waals surface area contributed by atoms with Crippen molar-refractivity contribution in [3.05, 3.63) is 71.2 Å². The van der Waals surface area contributed by atoms with Crippen LogP contribution in [0.15, 0.2) is 70.9 Å². The van der Waals surface area contributed by atoms with E-state index in [2.05, 4.69) is 25.2 Å². The average molecular weight is 446 g/mol. The summed E-state index contributed by atoms with van der Waals surface area (Å²) < 4.78 is 5.18. The van der Waals surface area contributed by atoms with Gasteiger partial charge in [0, 0.05) is 21.5 Å². The second-order valence-corrected chi connectivity index (χ2v) is 7.50. The van der Waals surface area contributed by atoms with Gasteiger partial charge in [-0.3, -0.25) is 4.79 Å². The molecule has 0 spiro atoms. The first-order chi connectivity index (χ1) is 15.5. The van der Waals surface area contributed by atoms with Crippen molar-refractivity contribution < 1.29 is 14.6 Å². The van der Waals surface area contributed by atoms with Crippen molar-refractivity contribution in [1.29, 1.82) is 0 Å². The van der Waals surface area contributed by atoms with Crippen LogP contribution in [0, 0.1) is 0 Å². The van der Waals surface area contributed by atoms with Crippen LogP contribution in [0.25, 0.3) is 33.3 Å². The molecule has 0 fully saturated rings. The number of benzene rings is 3. The lowest BCUT2D eigenvalue weighted by Crippen LogP contribution is -1.93. The zero-order chi connectivity index (χ0) is 22.2. The molecule has 2 heterocycles. The average Bonchev–Trinajstić information content (AvgIpc) is 3.37. The third-order valence-electron chi connectivity index (χ3n) is 5.05. The number of H-pyrrole nitrogens is 2. The summed E-state index contributed by atoms with van der Waals surface area (Å²) in [4.78, 5) is 23.2.